The van der Waals surface area contributed by atoms with E-state index < -0.39 is 0 Å². The number of ether oxygens (including phenoxy) is 2. The Morgan fingerprint density at radius 3 is 2.56 bits per heavy atom. The molecule has 0 saturated carbocycles. The van der Waals surface area contributed by atoms with Gasteiger partial charge in [0.1, 0.15) is 12.4 Å². The Morgan fingerprint density at radius 1 is 1.11 bits per heavy atom. The number of nitriles is 1. The molecule has 0 N–H and O–H groups in total. The van der Waals surface area contributed by atoms with E-state index in [-0.39, 0.29) is 12.5 Å². The van der Waals surface area contributed by atoms with Crippen LogP contribution in [-0.4, -0.2) is 79.1 Å². The predicted molar refractivity (Wildman–Crippen MR) is 142 cm³/mol. The van der Waals surface area contributed by atoms with E-state index in [0.29, 0.717) is 31.3 Å². The number of benzene rings is 2. The minimum Gasteiger partial charge on any atom is -0.497 e. The number of piperazine rings is 1. The maximum Gasteiger partial charge on any atom is 0.248 e. The Morgan fingerprint density at radius 2 is 1.86 bits per heavy atom. The first-order valence-corrected chi connectivity index (χ1v) is 13.4. The summed E-state index contributed by atoms with van der Waals surface area (Å²) < 4.78 is 13.7. The third-order valence-corrected chi connectivity index (χ3v) is 8.47. The highest BCUT2D eigenvalue weighted by Gasteiger charge is 2.28. The molecule has 36 heavy (non-hydrogen) atoms. The van der Waals surface area contributed by atoms with Gasteiger partial charge in [-0.1, -0.05) is 12.1 Å². The SMILES string of the molecule is COc1cc(C)c(SN2CCCC2COCC(=O)N2CCN(Cc3cccc(C#N)c3)CC2)c(C)c1. The van der Waals surface area contributed by atoms with E-state index >= 15 is 0 Å². The Kier molecular flexibility index (Phi) is 9.27. The van der Waals surface area contributed by atoms with E-state index in [1.54, 1.807) is 19.1 Å². The van der Waals surface area contributed by atoms with Gasteiger partial charge in [-0.25, -0.2) is 4.31 Å². The number of nitrogens with zero attached hydrogens (tertiary/aromatic N) is 4. The molecule has 2 aromatic rings. The summed E-state index contributed by atoms with van der Waals surface area (Å²) in [7, 11) is 1.70. The van der Waals surface area contributed by atoms with Crippen LogP contribution in [0.15, 0.2) is 41.3 Å². The van der Waals surface area contributed by atoms with Gasteiger partial charge in [0.15, 0.2) is 0 Å². The van der Waals surface area contributed by atoms with Gasteiger partial charge in [0.2, 0.25) is 5.91 Å². The summed E-state index contributed by atoms with van der Waals surface area (Å²) in [5, 5.41) is 9.10. The van der Waals surface area contributed by atoms with Crippen LogP contribution >= 0.6 is 11.9 Å². The number of rotatable bonds is 9. The second-order valence-corrected chi connectivity index (χ2v) is 10.7. The molecule has 2 fully saturated rings. The number of amides is 1. The van der Waals surface area contributed by atoms with E-state index in [1.165, 1.54) is 16.0 Å². The van der Waals surface area contributed by atoms with Crippen LogP contribution in [0.25, 0.3) is 0 Å². The Hall–Kier alpha value is -2.57. The highest BCUT2D eigenvalue weighted by atomic mass is 32.2. The van der Waals surface area contributed by atoms with Gasteiger partial charge in [-0.05, 0) is 79.6 Å². The van der Waals surface area contributed by atoms with Crippen molar-refractivity contribution in [3.63, 3.8) is 0 Å². The summed E-state index contributed by atoms with van der Waals surface area (Å²) in [5.41, 5.74) is 4.26. The summed E-state index contributed by atoms with van der Waals surface area (Å²) in [4.78, 5) is 18.3. The lowest BCUT2D eigenvalue weighted by Crippen LogP contribution is -2.49. The molecule has 0 bridgehead atoms. The zero-order valence-electron chi connectivity index (χ0n) is 21.5. The van der Waals surface area contributed by atoms with E-state index in [4.69, 9.17) is 14.7 Å². The molecule has 0 spiro atoms. The topological polar surface area (TPSA) is 69.0 Å². The van der Waals surface area contributed by atoms with Gasteiger partial charge in [-0.2, -0.15) is 5.26 Å². The largest absolute Gasteiger partial charge is 0.497 e. The van der Waals surface area contributed by atoms with Crippen molar-refractivity contribution in [1.82, 2.24) is 14.1 Å². The van der Waals surface area contributed by atoms with Crippen LogP contribution in [0.3, 0.4) is 0 Å². The Labute approximate surface area is 219 Å². The first kappa shape index (κ1) is 26.5. The molecule has 192 valence electrons. The summed E-state index contributed by atoms with van der Waals surface area (Å²) in [6, 6.07) is 14.4. The van der Waals surface area contributed by atoms with Crippen molar-refractivity contribution in [2.45, 2.75) is 44.2 Å². The Balaban J connectivity index is 1.20. The van der Waals surface area contributed by atoms with Crippen LogP contribution in [0, 0.1) is 25.2 Å². The van der Waals surface area contributed by atoms with Crippen molar-refractivity contribution in [1.29, 1.82) is 5.26 Å². The molecule has 0 aliphatic carbocycles. The smallest absolute Gasteiger partial charge is 0.248 e. The average Bonchev–Trinajstić information content (AvgIpc) is 3.33. The van der Waals surface area contributed by atoms with Crippen molar-refractivity contribution in [3.05, 3.63) is 58.7 Å². The van der Waals surface area contributed by atoms with Crippen LogP contribution in [0.4, 0.5) is 0 Å². The molecule has 2 aliphatic rings. The maximum atomic E-state index is 12.8. The average molecular weight is 509 g/mol. The van der Waals surface area contributed by atoms with E-state index in [1.807, 2.05) is 29.2 Å². The standard InChI is InChI=1S/C28H36N4O3S/c1-21-14-26(34-3)15-22(2)28(21)36-32-9-5-8-25(32)19-35-20-27(33)31-12-10-30(11-13-31)18-24-7-4-6-23(16-24)17-29/h4,6-7,14-16,25H,5,8-13,18-20H2,1-3H3. The summed E-state index contributed by atoms with van der Waals surface area (Å²) >= 11 is 1.80. The van der Waals surface area contributed by atoms with Crippen LogP contribution in [-0.2, 0) is 16.1 Å². The first-order valence-electron chi connectivity index (χ1n) is 12.6. The number of carbonyl (C=O) groups excluding carboxylic acids is 1. The lowest BCUT2D eigenvalue weighted by Gasteiger charge is -2.35. The molecule has 2 aliphatic heterocycles. The highest BCUT2D eigenvalue weighted by molar-refractivity contribution is 7.97. The van der Waals surface area contributed by atoms with Gasteiger partial charge in [0.05, 0.1) is 25.3 Å². The van der Waals surface area contributed by atoms with Crippen LogP contribution < -0.4 is 4.74 Å². The van der Waals surface area contributed by atoms with Crippen LogP contribution in [0.5, 0.6) is 5.75 Å². The number of hydrogen-bond donors (Lipinski definition) is 0. The van der Waals surface area contributed by atoms with Gasteiger partial charge in [0.25, 0.3) is 0 Å². The molecule has 2 heterocycles. The predicted octanol–water partition coefficient (Wildman–Crippen LogP) is 4.02. The lowest BCUT2D eigenvalue weighted by atomic mass is 10.1. The van der Waals surface area contributed by atoms with Crippen LogP contribution in [0.1, 0.15) is 35.1 Å². The fraction of sp³-hybridized carbons (Fsp3) is 0.500. The summed E-state index contributed by atoms with van der Waals surface area (Å²) in [5.74, 6) is 0.961. The molecule has 8 heteroatoms. The lowest BCUT2D eigenvalue weighted by molar-refractivity contribution is -0.138. The molecule has 2 saturated heterocycles. The van der Waals surface area contributed by atoms with Gasteiger partial charge >= 0.3 is 0 Å². The summed E-state index contributed by atoms with van der Waals surface area (Å²) in [6.07, 6.45) is 2.23. The minimum atomic E-state index is 0.0696. The maximum absolute atomic E-state index is 12.8. The number of carbonyl (C=O) groups is 1. The first-order chi connectivity index (χ1) is 17.5. The van der Waals surface area contributed by atoms with Crippen molar-refractivity contribution >= 4 is 17.9 Å². The second-order valence-electron chi connectivity index (χ2n) is 9.60. The molecule has 1 atom stereocenters. The molecule has 1 unspecified atom stereocenters. The minimum absolute atomic E-state index is 0.0696. The van der Waals surface area contributed by atoms with E-state index in [0.717, 1.165) is 50.3 Å². The summed E-state index contributed by atoms with van der Waals surface area (Å²) in [6.45, 7) is 9.87. The molecule has 0 radical (unpaired) electrons. The van der Waals surface area contributed by atoms with Gasteiger partial charge in [-0.3, -0.25) is 9.69 Å². The van der Waals surface area contributed by atoms with Crippen molar-refractivity contribution in [2.24, 2.45) is 0 Å². The molecule has 2 aromatic carbocycles. The fourth-order valence-corrected chi connectivity index (χ4v) is 6.09. The zero-order valence-corrected chi connectivity index (χ0v) is 22.4. The second kappa shape index (κ2) is 12.6. The number of methoxy groups -OCH3 is 1. The number of hydrogen-bond acceptors (Lipinski definition) is 7. The Bertz CT molecular complexity index is 1070. The molecule has 7 nitrogen and oxygen atoms in total. The monoisotopic (exact) mass is 508 g/mol. The van der Waals surface area contributed by atoms with Gasteiger partial charge in [-0.15, -0.1) is 0 Å². The van der Waals surface area contributed by atoms with E-state index in [9.17, 15) is 4.79 Å². The van der Waals surface area contributed by atoms with Crippen molar-refractivity contribution < 1.29 is 14.3 Å². The normalized spacial score (nSPS) is 18.8. The molecule has 0 aromatic heterocycles. The third-order valence-electron chi connectivity index (χ3n) is 6.92. The van der Waals surface area contributed by atoms with Crippen LogP contribution in [0.2, 0.25) is 0 Å². The number of aryl methyl sites for hydroxylation is 2. The van der Waals surface area contributed by atoms with Gasteiger partial charge < -0.3 is 14.4 Å². The van der Waals surface area contributed by atoms with E-state index in [2.05, 4.69) is 41.3 Å². The highest BCUT2D eigenvalue weighted by Crippen LogP contribution is 2.36. The van der Waals surface area contributed by atoms with Crippen molar-refractivity contribution in [3.8, 4) is 11.8 Å². The molecule has 4 rings (SSSR count). The zero-order chi connectivity index (χ0) is 25.5. The van der Waals surface area contributed by atoms with Crippen molar-refractivity contribution in [2.75, 3.05) is 53.0 Å². The molecule has 1 amide bonds. The quantitative estimate of drug-likeness (QED) is 0.474. The molecular formula is C28H36N4O3S. The van der Waals surface area contributed by atoms with Gasteiger partial charge in [0, 0.05) is 50.2 Å². The third kappa shape index (κ3) is 6.80. The molecular weight excluding hydrogens is 472 g/mol. The fourth-order valence-electron chi connectivity index (χ4n) is 4.91.